The Morgan fingerprint density at radius 3 is 2.58 bits per heavy atom. The van der Waals surface area contributed by atoms with Crippen LogP contribution >= 0.6 is 0 Å². The van der Waals surface area contributed by atoms with Crippen LogP contribution in [-0.4, -0.2) is 27.1 Å². The van der Waals surface area contributed by atoms with Gasteiger partial charge in [-0.05, 0) is 17.7 Å². The Hall–Kier alpha value is -3.61. The van der Waals surface area contributed by atoms with E-state index in [0.29, 0.717) is 11.5 Å². The zero-order valence-corrected chi connectivity index (χ0v) is 12.5. The number of hydrogen-bond donors (Lipinski definition) is 2. The topological polar surface area (TPSA) is 100 Å². The standard InChI is InChI=1S/C17H13N5O2/c23-16-13(11-19-15(21-16)14-8-4-5-9-18-14)17(24)22-20-10-12-6-2-1-3-7-12/h1-11H,(H,22,24)(H,19,21,23). The summed E-state index contributed by atoms with van der Waals surface area (Å²) >= 11 is 0. The Bertz CT molecular complexity index is 920. The van der Waals surface area contributed by atoms with Crippen molar-refractivity contribution in [1.29, 1.82) is 0 Å². The van der Waals surface area contributed by atoms with Gasteiger partial charge >= 0.3 is 0 Å². The molecule has 7 nitrogen and oxygen atoms in total. The molecule has 0 aliphatic heterocycles. The van der Waals surface area contributed by atoms with Crippen LogP contribution in [0.15, 0.2) is 70.8 Å². The van der Waals surface area contributed by atoms with E-state index in [4.69, 9.17) is 0 Å². The van der Waals surface area contributed by atoms with Crippen molar-refractivity contribution in [3.05, 3.63) is 82.4 Å². The number of hydrogen-bond acceptors (Lipinski definition) is 5. The highest BCUT2D eigenvalue weighted by Gasteiger charge is 2.12. The maximum absolute atomic E-state index is 12.1. The van der Waals surface area contributed by atoms with Crippen molar-refractivity contribution in [2.75, 3.05) is 0 Å². The van der Waals surface area contributed by atoms with Crippen molar-refractivity contribution in [1.82, 2.24) is 20.4 Å². The number of aromatic amines is 1. The van der Waals surface area contributed by atoms with Crippen LogP contribution in [0.3, 0.4) is 0 Å². The fourth-order valence-electron chi connectivity index (χ4n) is 1.95. The van der Waals surface area contributed by atoms with Gasteiger partial charge in [0.05, 0.1) is 6.21 Å². The van der Waals surface area contributed by atoms with Gasteiger partial charge in [-0.25, -0.2) is 10.4 Å². The number of benzene rings is 1. The fourth-order valence-corrected chi connectivity index (χ4v) is 1.95. The van der Waals surface area contributed by atoms with E-state index in [0.717, 1.165) is 5.56 Å². The molecule has 1 aromatic carbocycles. The van der Waals surface area contributed by atoms with E-state index in [9.17, 15) is 9.59 Å². The summed E-state index contributed by atoms with van der Waals surface area (Å²) in [5.41, 5.74) is 2.97. The Kier molecular flexibility index (Phi) is 4.52. The van der Waals surface area contributed by atoms with Crippen molar-refractivity contribution in [3.63, 3.8) is 0 Å². The van der Waals surface area contributed by atoms with Crippen LogP contribution in [0.1, 0.15) is 15.9 Å². The monoisotopic (exact) mass is 319 g/mol. The number of nitrogens with one attached hydrogen (secondary N) is 2. The summed E-state index contributed by atoms with van der Waals surface area (Å²) in [5.74, 6) is -0.339. The van der Waals surface area contributed by atoms with Gasteiger partial charge in [0.15, 0.2) is 5.82 Å². The van der Waals surface area contributed by atoms with Crippen LogP contribution in [-0.2, 0) is 0 Å². The minimum Gasteiger partial charge on any atom is -0.305 e. The van der Waals surface area contributed by atoms with E-state index in [1.54, 1.807) is 24.4 Å². The zero-order chi connectivity index (χ0) is 16.8. The molecule has 2 heterocycles. The summed E-state index contributed by atoms with van der Waals surface area (Å²) in [7, 11) is 0. The van der Waals surface area contributed by atoms with Crippen molar-refractivity contribution >= 4 is 12.1 Å². The van der Waals surface area contributed by atoms with Crippen LogP contribution < -0.4 is 11.0 Å². The van der Waals surface area contributed by atoms with Crippen LogP contribution in [0.4, 0.5) is 0 Å². The Morgan fingerprint density at radius 2 is 1.88 bits per heavy atom. The van der Waals surface area contributed by atoms with Gasteiger partial charge in [0, 0.05) is 12.4 Å². The molecular weight excluding hydrogens is 306 g/mol. The summed E-state index contributed by atoms with van der Waals surface area (Å²) in [6.45, 7) is 0. The molecule has 24 heavy (non-hydrogen) atoms. The molecule has 2 aromatic heterocycles. The van der Waals surface area contributed by atoms with Gasteiger partial charge in [-0.3, -0.25) is 14.6 Å². The Balaban J connectivity index is 1.74. The first-order valence-electron chi connectivity index (χ1n) is 7.13. The molecule has 0 fully saturated rings. The number of hydrazone groups is 1. The Labute approximate surface area is 137 Å². The van der Waals surface area contributed by atoms with E-state index < -0.39 is 11.5 Å². The van der Waals surface area contributed by atoms with Gasteiger partial charge in [-0.1, -0.05) is 36.4 Å². The summed E-state index contributed by atoms with van der Waals surface area (Å²) in [4.78, 5) is 34.8. The number of pyridine rings is 1. The van der Waals surface area contributed by atoms with Crippen molar-refractivity contribution in [2.45, 2.75) is 0 Å². The first-order valence-corrected chi connectivity index (χ1v) is 7.13. The third-order valence-corrected chi connectivity index (χ3v) is 3.13. The number of aromatic nitrogens is 3. The van der Waals surface area contributed by atoms with Crippen molar-refractivity contribution < 1.29 is 4.79 Å². The lowest BCUT2D eigenvalue weighted by molar-refractivity contribution is 0.0953. The molecule has 0 aliphatic carbocycles. The SMILES string of the molecule is O=C(NN=Cc1ccccc1)c1cnc(-c2ccccn2)[nH]c1=O. The lowest BCUT2D eigenvalue weighted by atomic mass is 10.2. The first kappa shape index (κ1) is 15.3. The third kappa shape index (κ3) is 3.58. The average molecular weight is 319 g/mol. The van der Waals surface area contributed by atoms with E-state index in [1.165, 1.54) is 12.4 Å². The second kappa shape index (κ2) is 7.10. The maximum Gasteiger partial charge on any atom is 0.278 e. The van der Waals surface area contributed by atoms with E-state index in [-0.39, 0.29) is 5.56 Å². The van der Waals surface area contributed by atoms with Gasteiger partial charge in [0.1, 0.15) is 11.3 Å². The van der Waals surface area contributed by atoms with Crippen molar-refractivity contribution in [3.8, 4) is 11.5 Å². The first-order chi connectivity index (χ1) is 11.7. The molecular formula is C17H13N5O2. The molecule has 7 heteroatoms. The molecule has 0 spiro atoms. The van der Waals surface area contributed by atoms with Crippen LogP contribution in [0.2, 0.25) is 0 Å². The number of nitrogens with zero attached hydrogens (tertiary/aromatic N) is 3. The van der Waals surface area contributed by atoms with Gasteiger partial charge in [0.25, 0.3) is 11.5 Å². The van der Waals surface area contributed by atoms with Gasteiger partial charge in [-0.15, -0.1) is 0 Å². The van der Waals surface area contributed by atoms with Gasteiger partial charge < -0.3 is 4.98 Å². The number of H-pyrrole nitrogens is 1. The number of carbonyl (C=O) groups is 1. The number of amides is 1. The van der Waals surface area contributed by atoms with Gasteiger partial charge in [-0.2, -0.15) is 5.10 Å². The third-order valence-electron chi connectivity index (χ3n) is 3.13. The predicted molar refractivity (Wildman–Crippen MR) is 89.6 cm³/mol. The molecule has 0 saturated carbocycles. The largest absolute Gasteiger partial charge is 0.305 e. The van der Waals surface area contributed by atoms with E-state index in [2.05, 4.69) is 25.5 Å². The highest BCUT2D eigenvalue weighted by molar-refractivity contribution is 5.94. The smallest absolute Gasteiger partial charge is 0.278 e. The molecule has 0 bridgehead atoms. The lowest BCUT2D eigenvalue weighted by Crippen LogP contribution is -2.27. The minimum atomic E-state index is -0.636. The molecule has 0 aliphatic rings. The summed E-state index contributed by atoms with van der Waals surface area (Å²) in [6.07, 6.45) is 4.28. The molecule has 118 valence electrons. The quantitative estimate of drug-likeness (QED) is 0.563. The molecule has 0 atom stereocenters. The highest BCUT2D eigenvalue weighted by Crippen LogP contribution is 2.07. The summed E-state index contributed by atoms with van der Waals surface area (Å²) in [6, 6.07) is 14.5. The van der Waals surface area contributed by atoms with Crippen LogP contribution in [0.25, 0.3) is 11.5 Å². The minimum absolute atomic E-state index is 0.125. The average Bonchev–Trinajstić information content (AvgIpc) is 2.63. The van der Waals surface area contributed by atoms with E-state index in [1.807, 2.05) is 30.3 Å². The molecule has 0 unspecified atom stereocenters. The fraction of sp³-hybridized carbons (Fsp3) is 0. The maximum atomic E-state index is 12.1. The molecule has 1 amide bonds. The molecule has 0 radical (unpaired) electrons. The second-order valence-corrected chi connectivity index (χ2v) is 4.80. The molecule has 2 N–H and O–H groups in total. The van der Waals surface area contributed by atoms with Crippen LogP contribution in [0.5, 0.6) is 0 Å². The number of carbonyl (C=O) groups excluding carboxylic acids is 1. The summed E-state index contributed by atoms with van der Waals surface area (Å²) < 4.78 is 0. The van der Waals surface area contributed by atoms with Crippen LogP contribution in [0, 0.1) is 0 Å². The number of rotatable bonds is 4. The predicted octanol–water partition coefficient (Wildman–Crippen LogP) is 1.60. The zero-order valence-electron chi connectivity index (χ0n) is 12.5. The van der Waals surface area contributed by atoms with Crippen molar-refractivity contribution in [2.24, 2.45) is 5.10 Å². The van der Waals surface area contributed by atoms with E-state index >= 15 is 0 Å². The van der Waals surface area contributed by atoms with Gasteiger partial charge in [0.2, 0.25) is 0 Å². The molecule has 0 saturated heterocycles. The normalized spacial score (nSPS) is 10.7. The summed E-state index contributed by atoms with van der Waals surface area (Å²) in [5, 5.41) is 3.82. The molecule has 3 aromatic rings. The Morgan fingerprint density at radius 1 is 1.08 bits per heavy atom. The lowest BCUT2D eigenvalue weighted by Gasteiger charge is -2.02. The highest BCUT2D eigenvalue weighted by atomic mass is 16.2. The molecule has 3 rings (SSSR count). The second-order valence-electron chi connectivity index (χ2n) is 4.80.